The molecule has 5 nitrogen and oxygen atoms in total. The fraction of sp³-hybridized carbons (Fsp3) is 0.235. The zero-order valence-corrected chi connectivity index (χ0v) is 14.7. The van der Waals surface area contributed by atoms with Gasteiger partial charge in [-0.2, -0.15) is 0 Å². The van der Waals surface area contributed by atoms with E-state index in [1.54, 1.807) is 0 Å². The van der Waals surface area contributed by atoms with E-state index in [2.05, 4.69) is 10.0 Å². The molecular formula is C17H18F2N2O3S. The van der Waals surface area contributed by atoms with Gasteiger partial charge in [0.05, 0.1) is 0 Å². The van der Waals surface area contributed by atoms with Crippen LogP contribution >= 0.6 is 0 Å². The molecule has 0 spiro atoms. The highest BCUT2D eigenvalue weighted by molar-refractivity contribution is 7.92. The van der Waals surface area contributed by atoms with Gasteiger partial charge in [-0.15, -0.1) is 0 Å². The third-order valence-electron chi connectivity index (χ3n) is 3.07. The van der Waals surface area contributed by atoms with E-state index in [4.69, 9.17) is 0 Å². The summed E-state index contributed by atoms with van der Waals surface area (Å²) in [7, 11) is -4.29. The number of rotatable bonds is 4. The van der Waals surface area contributed by atoms with Crippen molar-refractivity contribution in [2.75, 3.05) is 4.72 Å². The smallest absolute Gasteiger partial charge is 0.264 e. The number of hydrogen-bond donors (Lipinski definition) is 2. The number of benzene rings is 2. The minimum absolute atomic E-state index is 0.121. The van der Waals surface area contributed by atoms with Crippen molar-refractivity contribution in [2.24, 2.45) is 0 Å². The highest BCUT2D eigenvalue weighted by Gasteiger charge is 2.20. The lowest BCUT2D eigenvalue weighted by Crippen LogP contribution is -2.40. The standard InChI is InChI=1S/C17H18F2N2O3S/c1-17(2,3)20-16(22)11-4-7-13(8-5-11)21-25(23,24)15-10-12(18)6-9-14(15)19/h4-10,21H,1-3H3,(H,20,22). The summed E-state index contributed by atoms with van der Waals surface area (Å²) in [5, 5.41) is 2.77. The summed E-state index contributed by atoms with van der Waals surface area (Å²) in [6.45, 7) is 5.50. The summed E-state index contributed by atoms with van der Waals surface area (Å²) in [6, 6.07) is 7.77. The molecule has 0 saturated carbocycles. The van der Waals surface area contributed by atoms with Crippen molar-refractivity contribution in [3.05, 3.63) is 59.7 Å². The van der Waals surface area contributed by atoms with E-state index in [-0.39, 0.29) is 11.6 Å². The van der Waals surface area contributed by atoms with Gasteiger partial charge in [0.25, 0.3) is 15.9 Å². The second-order valence-corrected chi connectivity index (χ2v) is 8.11. The third-order valence-corrected chi connectivity index (χ3v) is 4.47. The second kappa shape index (κ2) is 6.79. The van der Waals surface area contributed by atoms with Gasteiger partial charge < -0.3 is 5.32 Å². The van der Waals surface area contributed by atoms with Crippen LogP contribution in [0.5, 0.6) is 0 Å². The summed E-state index contributed by atoms with van der Waals surface area (Å²) >= 11 is 0. The normalized spacial score (nSPS) is 11.9. The average Bonchev–Trinajstić information content (AvgIpc) is 2.48. The number of hydrogen-bond acceptors (Lipinski definition) is 3. The van der Waals surface area contributed by atoms with Gasteiger partial charge >= 0.3 is 0 Å². The lowest BCUT2D eigenvalue weighted by Gasteiger charge is -2.20. The first-order valence-electron chi connectivity index (χ1n) is 7.38. The number of halogens is 2. The number of nitrogens with one attached hydrogen (secondary N) is 2. The molecule has 0 radical (unpaired) electrons. The molecule has 2 aromatic rings. The van der Waals surface area contributed by atoms with Gasteiger partial charge in [0.2, 0.25) is 0 Å². The minimum Gasteiger partial charge on any atom is -0.347 e. The predicted molar refractivity (Wildman–Crippen MR) is 90.8 cm³/mol. The molecule has 25 heavy (non-hydrogen) atoms. The summed E-state index contributed by atoms with van der Waals surface area (Å²) < 4.78 is 53.4. The zero-order valence-electron chi connectivity index (χ0n) is 13.9. The fourth-order valence-corrected chi connectivity index (χ4v) is 3.14. The van der Waals surface area contributed by atoms with Gasteiger partial charge in [0.1, 0.15) is 16.5 Å². The van der Waals surface area contributed by atoms with Crippen LogP contribution in [-0.4, -0.2) is 19.9 Å². The minimum atomic E-state index is -4.29. The molecular weight excluding hydrogens is 350 g/mol. The molecule has 1 amide bonds. The maximum atomic E-state index is 13.7. The highest BCUT2D eigenvalue weighted by Crippen LogP contribution is 2.20. The van der Waals surface area contributed by atoms with Crippen LogP contribution in [0.25, 0.3) is 0 Å². The van der Waals surface area contributed by atoms with Crippen LogP contribution in [0.4, 0.5) is 14.5 Å². The molecule has 0 aromatic heterocycles. The van der Waals surface area contributed by atoms with Crippen molar-refractivity contribution < 1.29 is 22.0 Å². The number of carbonyl (C=O) groups excluding carboxylic acids is 1. The molecule has 0 heterocycles. The summed E-state index contributed by atoms with van der Waals surface area (Å²) in [6.07, 6.45) is 0. The summed E-state index contributed by atoms with van der Waals surface area (Å²) in [4.78, 5) is 11.2. The average molecular weight is 368 g/mol. The van der Waals surface area contributed by atoms with Crippen molar-refractivity contribution in [2.45, 2.75) is 31.2 Å². The van der Waals surface area contributed by atoms with Crippen LogP contribution in [0.3, 0.4) is 0 Å². The maximum Gasteiger partial charge on any atom is 0.264 e. The Bertz CT molecular complexity index is 889. The van der Waals surface area contributed by atoms with E-state index in [0.717, 1.165) is 12.1 Å². The van der Waals surface area contributed by atoms with E-state index < -0.39 is 32.1 Å². The number of amides is 1. The van der Waals surface area contributed by atoms with Crippen LogP contribution in [0, 0.1) is 11.6 Å². The molecule has 0 saturated heterocycles. The molecule has 0 aliphatic rings. The van der Waals surface area contributed by atoms with Gasteiger partial charge in [-0.1, -0.05) is 0 Å². The van der Waals surface area contributed by atoms with E-state index in [1.807, 2.05) is 20.8 Å². The van der Waals surface area contributed by atoms with Crippen molar-refractivity contribution in [1.82, 2.24) is 5.32 Å². The van der Waals surface area contributed by atoms with Crippen LogP contribution in [-0.2, 0) is 10.0 Å². The van der Waals surface area contributed by atoms with E-state index in [9.17, 15) is 22.0 Å². The van der Waals surface area contributed by atoms with Crippen LogP contribution in [0.2, 0.25) is 0 Å². The fourth-order valence-electron chi connectivity index (χ4n) is 2.00. The first-order chi connectivity index (χ1) is 11.5. The first-order valence-corrected chi connectivity index (χ1v) is 8.87. The van der Waals surface area contributed by atoms with Crippen molar-refractivity contribution in [3.8, 4) is 0 Å². The Kier molecular flexibility index (Phi) is 5.12. The molecule has 0 aliphatic carbocycles. The molecule has 134 valence electrons. The lowest BCUT2D eigenvalue weighted by atomic mass is 10.1. The molecule has 2 N–H and O–H groups in total. The third kappa shape index (κ3) is 4.99. The Labute approximate surface area is 145 Å². The van der Waals surface area contributed by atoms with Crippen LogP contribution < -0.4 is 10.0 Å². The summed E-state index contributed by atoms with van der Waals surface area (Å²) in [5.41, 5.74) is 0.0532. The molecule has 8 heteroatoms. The van der Waals surface area contributed by atoms with Crippen molar-refractivity contribution in [3.63, 3.8) is 0 Å². The zero-order chi connectivity index (χ0) is 18.8. The van der Waals surface area contributed by atoms with Gasteiger partial charge in [-0.3, -0.25) is 9.52 Å². The summed E-state index contributed by atoms with van der Waals surface area (Å²) in [5.74, 6) is -2.23. The number of anilines is 1. The van der Waals surface area contributed by atoms with Gasteiger partial charge in [-0.25, -0.2) is 17.2 Å². The number of sulfonamides is 1. The predicted octanol–water partition coefficient (Wildman–Crippen LogP) is 3.29. The molecule has 0 aliphatic heterocycles. The number of carbonyl (C=O) groups is 1. The second-order valence-electron chi connectivity index (χ2n) is 6.46. The van der Waals surface area contributed by atoms with Crippen molar-refractivity contribution in [1.29, 1.82) is 0 Å². The lowest BCUT2D eigenvalue weighted by molar-refractivity contribution is 0.0919. The topological polar surface area (TPSA) is 75.3 Å². The quantitative estimate of drug-likeness (QED) is 0.870. The Morgan fingerprint density at radius 1 is 1.00 bits per heavy atom. The Morgan fingerprint density at radius 2 is 1.60 bits per heavy atom. The maximum absolute atomic E-state index is 13.7. The van der Waals surface area contributed by atoms with Crippen LogP contribution in [0.15, 0.2) is 47.4 Å². The largest absolute Gasteiger partial charge is 0.347 e. The van der Waals surface area contributed by atoms with E-state index >= 15 is 0 Å². The monoisotopic (exact) mass is 368 g/mol. The van der Waals surface area contributed by atoms with E-state index in [0.29, 0.717) is 11.6 Å². The molecule has 0 fully saturated rings. The first kappa shape index (κ1) is 18.9. The Hall–Kier alpha value is -2.48. The van der Waals surface area contributed by atoms with Gasteiger partial charge in [0, 0.05) is 16.8 Å². The molecule has 0 bridgehead atoms. The van der Waals surface area contributed by atoms with Crippen molar-refractivity contribution >= 4 is 21.6 Å². The Morgan fingerprint density at radius 3 is 2.16 bits per heavy atom. The van der Waals surface area contributed by atoms with Gasteiger partial charge in [0.15, 0.2) is 0 Å². The molecule has 2 rings (SSSR count). The Balaban J connectivity index is 2.21. The van der Waals surface area contributed by atoms with Gasteiger partial charge in [-0.05, 0) is 63.2 Å². The molecule has 0 unspecified atom stereocenters. The highest BCUT2D eigenvalue weighted by atomic mass is 32.2. The van der Waals surface area contributed by atoms with E-state index in [1.165, 1.54) is 24.3 Å². The van der Waals surface area contributed by atoms with Crippen LogP contribution in [0.1, 0.15) is 31.1 Å². The molecule has 0 atom stereocenters. The SMILES string of the molecule is CC(C)(C)NC(=O)c1ccc(NS(=O)(=O)c2cc(F)ccc2F)cc1. The molecule has 2 aromatic carbocycles.